The molecule has 2 heterocycles. The normalized spacial score (nSPS) is 19.7. The number of pyridine rings is 1. The van der Waals surface area contributed by atoms with Crippen LogP contribution in [0.15, 0.2) is 23.3 Å². The number of aromatic nitrogens is 1. The molecule has 3 nitrogen and oxygen atoms in total. The lowest BCUT2D eigenvalue weighted by atomic mass is 10.1. The maximum Gasteiger partial charge on any atom is 0.433 e. The van der Waals surface area contributed by atoms with Crippen LogP contribution in [0.4, 0.5) is 18.9 Å². The summed E-state index contributed by atoms with van der Waals surface area (Å²) in [5.41, 5.74) is -0.372. The fraction of sp³-hybridized carbons (Fsp3) is 0.500. The number of amidine groups is 1. The van der Waals surface area contributed by atoms with Crippen LogP contribution < -0.4 is 5.32 Å². The molecule has 1 unspecified atom stereocenters. The average Bonchev–Trinajstić information content (AvgIpc) is 2.77. The first-order chi connectivity index (χ1) is 8.86. The second-order valence-electron chi connectivity index (χ2n) is 4.61. The monoisotopic (exact) mass is 289 g/mol. The summed E-state index contributed by atoms with van der Waals surface area (Å²) >= 11 is 1.57. The molecule has 1 aliphatic heterocycles. The Labute approximate surface area is 113 Å². The van der Waals surface area contributed by atoms with Crippen molar-refractivity contribution in [3.63, 3.8) is 0 Å². The minimum absolute atomic E-state index is 0.259. The molecule has 0 radical (unpaired) electrons. The molecule has 1 aromatic rings. The highest BCUT2D eigenvalue weighted by Crippen LogP contribution is 2.28. The van der Waals surface area contributed by atoms with Crippen molar-refractivity contribution < 1.29 is 13.2 Å². The number of aliphatic imine (C=N–C) groups is 1. The molecule has 1 N–H and O–H groups in total. The highest BCUT2D eigenvalue weighted by atomic mass is 32.2. The van der Waals surface area contributed by atoms with Crippen LogP contribution in [-0.2, 0) is 6.18 Å². The van der Waals surface area contributed by atoms with Crippen LogP contribution in [0.25, 0.3) is 0 Å². The second kappa shape index (κ2) is 5.40. The third kappa shape index (κ3) is 3.62. The summed E-state index contributed by atoms with van der Waals surface area (Å²) in [4.78, 5) is 7.87. The number of anilines is 1. The lowest BCUT2D eigenvalue weighted by molar-refractivity contribution is -0.141. The van der Waals surface area contributed by atoms with Gasteiger partial charge < -0.3 is 5.32 Å². The van der Waals surface area contributed by atoms with Crippen LogP contribution in [0.3, 0.4) is 0 Å². The molecule has 104 valence electrons. The Hall–Kier alpha value is -1.24. The van der Waals surface area contributed by atoms with Crippen LogP contribution in [-0.4, -0.2) is 21.9 Å². The Morgan fingerprint density at radius 2 is 2.11 bits per heavy atom. The van der Waals surface area contributed by atoms with Gasteiger partial charge in [-0.05, 0) is 18.1 Å². The molecule has 0 amide bonds. The smallest absolute Gasteiger partial charge is 0.334 e. The molecule has 2 rings (SSSR count). The molecule has 0 aromatic carbocycles. The quantitative estimate of drug-likeness (QED) is 0.903. The van der Waals surface area contributed by atoms with E-state index in [1.54, 1.807) is 11.8 Å². The van der Waals surface area contributed by atoms with Crippen LogP contribution in [0.2, 0.25) is 0 Å². The third-order valence-electron chi connectivity index (χ3n) is 2.75. The summed E-state index contributed by atoms with van der Waals surface area (Å²) in [5, 5.41) is 3.72. The molecule has 0 spiro atoms. The molecule has 1 atom stereocenters. The molecule has 1 aliphatic rings. The first-order valence-electron chi connectivity index (χ1n) is 5.87. The van der Waals surface area contributed by atoms with E-state index in [2.05, 4.69) is 29.1 Å². The van der Waals surface area contributed by atoms with Crippen molar-refractivity contribution in [3.05, 3.63) is 24.0 Å². The van der Waals surface area contributed by atoms with Gasteiger partial charge in [0.2, 0.25) is 0 Å². The second-order valence-corrected chi connectivity index (χ2v) is 5.62. The molecule has 0 fully saturated rings. The Morgan fingerprint density at radius 1 is 1.37 bits per heavy atom. The summed E-state index contributed by atoms with van der Waals surface area (Å²) in [5.74, 6) is 1.35. The standard InChI is InChI=1S/C12H14F3N3S/c1-7(2)9-6-19-11(18-9)17-8-3-4-10(16-5-8)12(13,14)15/h3-5,7,9H,6H2,1-2H3,(H,17,18). The lowest BCUT2D eigenvalue weighted by Crippen LogP contribution is -2.12. The maximum absolute atomic E-state index is 12.4. The van der Waals surface area contributed by atoms with Gasteiger partial charge in [0.05, 0.1) is 17.9 Å². The van der Waals surface area contributed by atoms with Gasteiger partial charge in [-0.15, -0.1) is 0 Å². The Morgan fingerprint density at radius 3 is 2.58 bits per heavy atom. The highest BCUT2D eigenvalue weighted by Gasteiger charge is 2.32. The highest BCUT2D eigenvalue weighted by molar-refractivity contribution is 8.14. The summed E-state index contributed by atoms with van der Waals surface area (Å²) in [6, 6.07) is 2.58. The fourth-order valence-electron chi connectivity index (χ4n) is 1.56. The van der Waals surface area contributed by atoms with E-state index in [-0.39, 0.29) is 6.04 Å². The van der Waals surface area contributed by atoms with Crippen LogP contribution in [0, 0.1) is 5.92 Å². The van der Waals surface area contributed by atoms with Gasteiger partial charge in [-0.25, -0.2) is 4.98 Å². The Kier molecular flexibility index (Phi) is 4.03. The number of nitrogens with zero attached hydrogens (tertiary/aromatic N) is 2. The molecule has 7 heteroatoms. The summed E-state index contributed by atoms with van der Waals surface area (Å²) < 4.78 is 37.1. The van der Waals surface area contributed by atoms with Crippen molar-refractivity contribution >= 4 is 22.6 Å². The van der Waals surface area contributed by atoms with E-state index in [4.69, 9.17) is 0 Å². The van der Waals surface area contributed by atoms with E-state index in [0.717, 1.165) is 17.0 Å². The van der Waals surface area contributed by atoms with Gasteiger partial charge in [0.15, 0.2) is 5.17 Å². The minimum atomic E-state index is -4.40. The number of hydrogen-bond acceptors (Lipinski definition) is 4. The van der Waals surface area contributed by atoms with Crippen molar-refractivity contribution in [1.29, 1.82) is 0 Å². The van der Waals surface area contributed by atoms with Crippen LogP contribution >= 0.6 is 11.8 Å². The van der Waals surface area contributed by atoms with Gasteiger partial charge >= 0.3 is 6.18 Å². The number of alkyl halides is 3. The number of rotatable bonds is 2. The van der Waals surface area contributed by atoms with Crippen LogP contribution in [0.1, 0.15) is 19.5 Å². The maximum atomic E-state index is 12.4. The van der Waals surface area contributed by atoms with Gasteiger partial charge in [0, 0.05) is 5.75 Å². The van der Waals surface area contributed by atoms with Gasteiger partial charge in [-0.3, -0.25) is 4.99 Å². The Bertz CT molecular complexity index is 468. The molecular weight excluding hydrogens is 275 g/mol. The van der Waals surface area contributed by atoms with Crippen molar-refractivity contribution in [2.24, 2.45) is 10.9 Å². The average molecular weight is 289 g/mol. The van der Waals surface area contributed by atoms with Gasteiger partial charge in [0.25, 0.3) is 0 Å². The van der Waals surface area contributed by atoms with E-state index in [9.17, 15) is 13.2 Å². The van der Waals surface area contributed by atoms with E-state index < -0.39 is 11.9 Å². The predicted molar refractivity (Wildman–Crippen MR) is 71.4 cm³/mol. The number of halogens is 3. The Balaban J connectivity index is 2.03. The van der Waals surface area contributed by atoms with Gasteiger partial charge in [0.1, 0.15) is 5.69 Å². The largest absolute Gasteiger partial charge is 0.433 e. The summed E-state index contributed by atoms with van der Waals surface area (Å²) in [6.07, 6.45) is -3.23. The molecule has 19 heavy (non-hydrogen) atoms. The molecule has 0 bridgehead atoms. The predicted octanol–water partition coefficient (Wildman–Crippen LogP) is 3.64. The summed E-state index contributed by atoms with van der Waals surface area (Å²) in [6.45, 7) is 4.19. The van der Waals surface area contributed by atoms with Crippen LogP contribution in [0.5, 0.6) is 0 Å². The fourth-order valence-corrected chi connectivity index (χ4v) is 2.75. The molecule has 0 saturated carbocycles. The third-order valence-corrected chi connectivity index (χ3v) is 3.74. The molecule has 1 aromatic heterocycles. The topological polar surface area (TPSA) is 37.3 Å². The summed E-state index contributed by atoms with van der Waals surface area (Å²) in [7, 11) is 0. The lowest BCUT2D eigenvalue weighted by Gasteiger charge is -2.08. The zero-order valence-electron chi connectivity index (χ0n) is 10.5. The van der Waals surface area contributed by atoms with E-state index >= 15 is 0 Å². The number of nitrogens with one attached hydrogen (secondary N) is 1. The SMILES string of the molecule is CC(C)C1CSC(Nc2ccc(C(F)(F)F)nc2)=N1. The van der Waals surface area contributed by atoms with Crippen molar-refractivity contribution in [2.45, 2.75) is 26.1 Å². The number of hydrogen-bond donors (Lipinski definition) is 1. The molecule has 0 aliphatic carbocycles. The van der Waals surface area contributed by atoms with Crippen molar-refractivity contribution in [2.75, 3.05) is 11.1 Å². The molecular formula is C12H14F3N3S. The zero-order chi connectivity index (χ0) is 14.0. The number of thioether (sulfide) groups is 1. The first kappa shape index (κ1) is 14.2. The van der Waals surface area contributed by atoms with E-state index in [1.807, 2.05) is 0 Å². The van der Waals surface area contributed by atoms with Crippen molar-refractivity contribution in [1.82, 2.24) is 4.98 Å². The minimum Gasteiger partial charge on any atom is -0.334 e. The molecule has 0 saturated heterocycles. The zero-order valence-corrected chi connectivity index (χ0v) is 11.3. The first-order valence-corrected chi connectivity index (χ1v) is 6.85. The van der Waals surface area contributed by atoms with E-state index in [0.29, 0.717) is 11.6 Å². The van der Waals surface area contributed by atoms with Crippen molar-refractivity contribution in [3.8, 4) is 0 Å². The van der Waals surface area contributed by atoms with E-state index in [1.165, 1.54) is 12.3 Å². The van der Waals surface area contributed by atoms with Gasteiger partial charge in [-0.2, -0.15) is 13.2 Å². The van der Waals surface area contributed by atoms with Gasteiger partial charge in [-0.1, -0.05) is 25.6 Å².